The summed E-state index contributed by atoms with van der Waals surface area (Å²) in [5, 5.41) is 14.9. The largest absolute Gasteiger partial charge is 0.370 e. The SMILES string of the molecule is CCc1cnn2c(NCc3ccc(-c4ccccc4)cc3F)cc(NCC3CCNCC3)nc12. The van der Waals surface area contributed by atoms with Gasteiger partial charge in [-0.2, -0.15) is 9.61 Å². The van der Waals surface area contributed by atoms with E-state index < -0.39 is 0 Å². The Morgan fingerprint density at radius 2 is 1.82 bits per heavy atom. The van der Waals surface area contributed by atoms with E-state index >= 15 is 0 Å². The van der Waals surface area contributed by atoms with Gasteiger partial charge in [0.1, 0.15) is 17.5 Å². The second-order valence-corrected chi connectivity index (χ2v) is 8.89. The lowest BCUT2D eigenvalue weighted by atomic mass is 9.98. The molecule has 34 heavy (non-hydrogen) atoms. The molecule has 7 heteroatoms. The van der Waals surface area contributed by atoms with Crippen molar-refractivity contribution in [2.75, 3.05) is 30.3 Å². The molecule has 1 fully saturated rings. The first-order valence-electron chi connectivity index (χ1n) is 12.1. The van der Waals surface area contributed by atoms with Gasteiger partial charge in [0.2, 0.25) is 0 Å². The van der Waals surface area contributed by atoms with Crippen molar-refractivity contribution in [1.29, 1.82) is 0 Å². The van der Waals surface area contributed by atoms with Gasteiger partial charge in [-0.3, -0.25) is 0 Å². The lowest BCUT2D eigenvalue weighted by Crippen LogP contribution is -2.31. The first-order valence-corrected chi connectivity index (χ1v) is 12.1. The molecule has 1 aliphatic heterocycles. The van der Waals surface area contributed by atoms with Crippen molar-refractivity contribution >= 4 is 17.3 Å². The van der Waals surface area contributed by atoms with Crippen LogP contribution < -0.4 is 16.0 Å². The zero-order chi connectivity index (χ0) is 23.3. The fourth-order valence-electron chi connectivity index (χ4n) is 4.50. The van der Waals surface area contributed by atoms with E-state index in [9.17, 15) is 4.39 Å². The van der Waals surface area contributed by atoms with E-state index in [1.165, 1.54) is 12.8 Å². The van der Waals surface area contributed by atoms with Crippen LogP contribution in [-0.2, 0) is 13.0 Å². The molecular formula is C27H31FN6. The summed E-state index contributed by atoms with van der Waals surface area (Å²) >= 11 is 0. The Bertz CT molecular complexity index is 1250. The fourth-order valence-corrected chi connectivity index (χ4v) is 4.50. The van der Waals surface area contributed by atoms with Crippen molar-refractivity contribution in [3.8, 4) is 11.1 Å². The Hall–Kier alpha value is -3.45. The number of nitrogens with zero attached hydrogens (tertiary/aromatic N) is 3. The van der Waals surface area contributed by atoms with E-state index in [1.54, 1.807) is 6.07 Å². The summed E-state index contributed by atoms with van der Waals surface area (Å²) in [5.41, 5.74) is 4.41. The lowest BCUT2D eigenvalue weighted by Gasteiger charge is -2.23. The number of hydrogen-bond donors (Lipinski definition) is 3. The van der Waals surface area contributed by atoms with Crippen LogP contribution >= 0.6 is 0 Å². The van der Waals surface area contributed by atoms with E-state index in [2.05, 4.69) is 28.0 Å². The van der Waals surface area contributed by atoms with Crippen LogP contribution in [0.3, 0.4) is 0 Å². The van der Waals surface area contributed by atoms with E-state index in [-0.39, 0.29) is 5.82 Å². The average molecular weight is 459 g/mol. The number of halogens is 1. The topological polar surface area (TPSA) is 66.3 Å². The Labute approximate surface area is 199 Å². The van der Waals surface area contributed by atoms with Gasteiger partial charge in [0, 0.05) is 30.3 Å². The van der Waals surface area contributed by atoms with E-state index in [0.717, 1.165) is 60.0 Å². The molecule has 0 unspecified atom stereocenters. The van der Waals surface area contributed by atoms with Crippen molar-refractivity contribution < 1.29 is 4.39 Å². The molecule has 176 valence electrons. The first-order chi connectivity index (χ1) is 16.7. The number of anilines is 2. The molecule has 3 N–H and O–H groups in total. The molecule has 4 aromatic rings. The van der Waals surface area contributed by atoms with Crippen LogP contribution in [-0.4, -0.2) is 34.2 Å². The summed E-state index contributed by atoms with van der Waals surface area (Å²) in [6.07, 6.45) is 5.06. The van der Waals surface area contributed by atoms with Crippen molar-refractivity contribution in [3.05, 3.63) is 77.7 Å². The van der Waals surface area contributed by atoms with Crippen molar-refractivity contribution in [1.82, 2.24) is 19.9 Å². The molecule has 1 aliphatic rings. The minimum absolute atomic E-state index is 0.224. The number of rotatable bonds is 8. The number of benzene rings is 2. The second-order valence-electron chi connectivity index (χ2n) is 8.89. The zero-order valence-electron chi connectivity index (χ0n) is 19.5. The average Bonchev–Trinajstić information content (AvgIpc) is 3.31. The fraction of sp³-hybridized carbons (Fsp3) is 0.333. The quantitative estimate of drug-likeness (QED) is 0.342. The summed E-state index contributed by atoms with van der Waals surface area (Å²) in [4.78, 5) is 4.83. The van der Waals surface area contributed by atoms with Gasteiger partial charge < -0.3 is 16.0 Å². The highest BCUT2D eigenvalue weighted by Gasteiger charge is 2.15. The van der Waals surface area contributed by atoms with E-state index in [1.807, 2.05) is 59.2 Å². The Morgan fingerprint density at radius 3 is 2.59 bits per heavy atom. The predicted octanol–water partition coefficient (Wildman–Crippen LogP) is 5.12. The molecule has 0 amide bonds. The summed E-state index contributed by atoms with van der Waals surface area (Å²) in [6.45, 7) is 5.50. The maximum absolute atomic E-state index is 14.9. The van der Waals surface area contributed by atoms with Gasteiger partial charge in [0.15, 0.2) is 5.65 Å². The molecule has 0 atom stereocenters. The minimum Gasteiger partial charge on any atom is -0.370 e. The Morgan fingerprint density at radius 1 is 1.00 bits per heavy atom. The number of fused-ring (bicyclic) bond motifs is 1. The highest BCUT2D eigenvalue weighted by Crippen LogP contribution is 2.24. The number of hydrogen-bond acceptors (Lipinski definition) is 5. The van der Waals surface area contributed by atoms with Crippen molar-refractivity contribution in [2.45, 2.75) is 32.7 Å². The predicted molar refractivity (Wildman–Crippen MR) is 136 cm³/mol. The second kappa shape index (κ2) is 10.2. The standard InChI is InChI=1S/C27H31FN6/c1-2-20-18-32-34-26(15-25(33-27(20)34)30-16-19-10-12-29-13-11-19)31-17-23-9-8-22(14-24(23)28)21-6-4-3-5-7-21/h3-9,14-15,18-19,29,31H,2,10-13,16-17H2,1H3,(H,30,33). The zero-order valence-corrected chi connectivity index (χ0v) is 19.5. The molecule has 1 saturated heterocycles. The monoisotopic (exact) mass is 458 g/mol. The van der Waals surface area contributed by atoms with Crippen LogP contribution in [0.4, 0.5) is 16.0 Å². The van der Waals surface area contributed by atoms with Crippen molar-refractivity contribution in [2.24, 2.45) is 5.92 Å². The van der Waals surface area contributed by atoms with Gasteiger partial charge >= 0.3 is 0 Å². The molecule has 0 saturated carbocycles. The Kier molecular flexibility index (Phi) is 6.72. The summed E-state index contributed by atoms with van der Waals surface area (Å²) < 4.78 is 16.7. The third-order valence-corrected chi connectivity index (χ3v) is 6.58. The van der Waals surface area contributed by atoms with Crippen LogP contribution in [0.1, 0.15) is 30.9 Å². The van der Waals surface area contributed by atoms with Gasteiger partial charge in [-0.25, -0.2) is 9.37 Å². The van der Waals surface area contributed by atoms with Crippen LogP contribution in [0.2, 0.25) is 0 Å². The molecule has 2 aromatic carbocycles. The smallest absolute Gasteiger partial charge is 0.162 e. The molecule has 0 spiro atoms. The molecule has 6 nitrogen and oxygen atoms in total. The summed E-state index contributed by atoms with van der Waals surface area (Å²) in [6, 6.07) is 17.2. The Balaban J connectivity index is 1.35. The van der Waals surface area contributed by atoms with Gasteiger partial charge in [-0.1, -0.05) is 49.4 Å². The first kappa shape index (κ1) is 22.3. The normalized spacial score (nSPS) is 14.4. The third kappa shape index (κ3) is 4.89. The number of aryl methyl sites for hydroxylation is 1. The lowest BCUT2D eigenvalue weighted by molar-refractivity contribution is 0.389. The molecule has 5 rings (SSSR count). The minimum atomic E-state index is -0.224. The molecule has 0 bridgehead atoms. The van der Waals surface area contributed by atoms with Gasteiger partial charge in [-0.05, 0) is 55.5 Å². The van der Waals surface area contributed by atoms with Gasteiger partial charge in [0.05, 0.1) is 6.20 Å². The molecular weight excluding hydrogens is 427 g/mol. The number of aromatic nitrogens is 3. The maximum atomic E-state index is 14.9. The van der Waals surface area contributed by atoms with Crippen molar-refractivity contribution in [3.63, 3.8) is 0 Å². The third-order valence-electron chi connectivity index (χ3n) is 6.58. The maximum Gasteiger partial charge on any atom is 0.162 e. The van der Waals surface area contributed by atoms with Crippen LogP contribution in [0.25, 0.3) is 16.8 Å². The van der Waals surface area contributed by atoms with E-state index in [4.69, 9.17) is 4.98 Å². The van der Waals surface area contributed by atoms with E-state index in [0.29, 0.717) is 18.0 Å². The van der Waals surface area contributed by atoms with Gasteiger partial charge in [-0.15, -0.1) is 0 Å². The molecule has 0 radical (unpaired) electrons. The molecule has 0 aliphatic carbocycles. The highest BCUT2D eigenvalue weighted by atomic mass is 19.1. The van der Waals surface area contributed by atoms with Gasteiger partial charge in [0.25, 0.3) is 0 Å². The summed E-state index contributed by atoms with van der Waals surface area (Å²) in [7, 11) is 0. The van der Waals surface area contributed by atoms with Crippen LogP contribution in [0, 0.1) is 11.7 Å². The van der Waals surface area contributed by atoms with Crippen LogP contribution in [0.5, 0.6) is 0 Å². The summed E-state index contributed by atoms with van der Waals surface area (Å²) in [5.74, 6) is 2.04. The molecule has 3 heterocycles. The number of piperidine rings is 1. The highest BCUT2D eigenvalue weighted by molar-refractivity contribution is 5.64. The van der Waals surface area contributed by atoms with Crippen LogP contribution in [0.15, 0.2) is 60.8 Å². The molecule has 2 aromatic heterocycles. The number of nitrogens with one attached hydrogen (secondary N) is 3.